The zero-order valence-electron chi connectivity index (χ0n) is 21.1. The molecule has 0 saturated heterocycles. The van der Waals surface area contributed by atoms with Crippen LogP contribution in [0.5, 0.6) is 5.75 Å². The molecule has 0 bridgehead atoms. The number of rotatable bonds is 13. The van der Waals surface area contributed by atoms with E-state index in [9.17, 15) is 0 Å². The van der Waals surface area contributed by atoms with Gasteiger partial charge in [-0.3, -0.25) is 0 Å². The van der Waals surface area contributed by atoms with Gasteiger partial charge in [0.2, 0.25) is 0 Å². The Balaban J connectivity index is 2.68. The lowest BCUT2D eigenvalue weighted by Crippen LogP contribution is -2.52. The molecule has 0 radical (unpaired) electrons. The normalized spacial score (nSPS) is 14.9. The summed E-state index contributed by atoms with van der Waals surface area (Å²) in [5.74, 6) is 2.20. The quantitative estimate of drug-likeness (QED) is 0.393. The lowest BCUT2D eigenvalue weighted by atomic mass is 9.95. The monoisotopic (exact) mass is 419 g/mol. The molecule has 30 heavy (non-hydrogen) atoms. The van der Waals surface area contributed by atoms with Gasteiger partial charge in [0.1, 0.15) is 5.75 Å². The molecule has 1 aromatic carbocycles. The summed E-state index contributed by atoms with van der Waals surface area (Å²) >= 11 is 0. The van der Waals surface area contributed by atoms with E-state index < -0.39 is 0 Å². The Morgan fingerprint density at radius 3 is 1.97 bits per heavy atom. The topological polar surface area (TPSA) is 59.3 Å². The molecule has 0 spiro atoms. The Kier molecular flexibility index (Phi) is 10.8. The first-order chi connectivity index (χ1) is 13.8. The van der Waals surface area contributed by atoms with Crippen LogP contribution in [0.3, 0.4) is 0 Å². The summed E-state index contributed by atoms with van der Waals surface area (Å²) in [6.07, 6.45) is 2.15. The summed E-state index contributed by atoms with van der Waals surface area (Å²) in [6, 6.07) is 9.14. The molecular formula is C26H49N3O. The molecular weight excluding hydrogens is 370 g/mol. The van der Waals surface area contributed by atoms with E-state index in [1.165, 1.54) is 5.56 Å². The van der Waals surface area contributed by atoms with E-state index in [0.29, 0.717) is 17.9 Å². The third-order valence-corrected chi connectivity index (χ3v) is 5.07. The minimum atomic E-state index is -0.0143. The van der Waals surface area contributed by atoms with Gasteiger partial charge >= 0.3 is 0 Å². The average molecular weight is 420 g/mol. The van der Waals surface area contributed by atoms with Crippen molar-refractivity contribution in [2.24, 2.45) is 23.0 Å². The van der Waals surface area contributed by atoms with Gasteiger partial charge in [-0.15, -0.1) is 0 Å². The Hall–Kier alpha value is -1.10. The molecule has 4 heteroatoms. The number of benzene rings is 1. The van der Waals surface area contributed by atoms with Crippen molar-refractivity contribution in [1.82, 2.24) is 10.6 Å². The fourth-order valence-electron chi connectivity index (χ4n) is 3.44. The maximum absolute atomic E-state index is 6.27. The van der Waals surface area contributed by atoms with Gasteiger partial charge in [-0.25, -0.2) is 0 Å². The SMILES string of the molecule is CC(C)CC(N)CNC(C)(C)CN[C@@H](CC(C)C)c1ccc(OCC(C)(C)C)cc1. The second-order valence-corrected chi connectivity index (χ2v) is 11.6. The zero-order chi connectivity index (χ0) is 22.9. The standard InChI is InChI=1S/C26H49N3O/c1-19(2)14-22(27)16-29-26(8,9)17-28-24(15-20(3)4)21-10-12-23(13-11-21)30-18-25(5,6)7/h10-13,19-20,22,24,28-29H,14-18,27H2,1-9H3/t22?,24-/m0/s1. The highest BCUT2D eigenvalue weighted by Crippen LogP contribution is 2.25. The van der Waals surface area contributed by atoms with Gasteiger partial charge in [-0.2, -0.15) is 0 Å². The first-order valence-corrected chi connectivity index (χ1v) is 11.7. The largest absolute Gasteiger partial charge is 0.493 e. The van der Waals surface area contributed by atoms with Crippen molar-refractivity contribution in [3.63, 3.8) is 0 Å². The van der Waals surface area contributed by atoms with Crippen LogP contribution in [-0.2, 0) is 0 Å². The highest BCUT2D eigenvalue weighted by Gasteiger charge is 2.22. The van der Waals surface area contributed by atoms with E-state index in [4.69, 9.17) is 10.5 Å². The van der Waals surface area contributed by atoms with Crippen LogP contribution in [0.1, 0.15) is 86.8 Å². The molecule has 0 aliphatic rings. The first kappa shape index (κ1) is 26.9. The molecule has 0 fully saturated rings. The minimum Gasteiger partial charge on any atom is -0.493 e. The van der Waals surface area contributed by atoms with Crippen LogP contribution < -0.4 is 21.1 Å². The second kappa shape index (κ2) is 12.1. The number of hydrogen-bond acceptors (Lipinski definition) is 4. The summed E-state index contributed by atoms with van der Waals surface area (Å²) in [5.41, 5.74) is 7.73. The van der Waals surface area contributed by atoms with Crippen molar-refractivity contribution in [3.8, 4) is 5.75 Å². The van der Waals surface area contributed by atoms with E-state index in [0.717, 1.165) is 38.3 Å². The summed E-state index contributed by atoms with van der Waals surface area (Å²) in [5, 5.41) is 7.46. The smallest absolute Gasteiger partial charge is 0.119 e. The maximum atomic E-state index is 6.27. The fraction of sp³-hybridized carbons (Fsp3) is 0.769. The van der Waals surface area contributed by atoms with E-state index in [-0.39, 0.29) is 17.0 Å². The Morgan fingerprint density at radius 2 is 1.47 bits per heavy atom. The first-order valence-electron chi connectivity index (χ1n) is 11.7. The highest BCUT2D eigenvalue weighted by atomic mass is 16.5. The Labute approximate surface area is 186 Å². The van der Waals surface area contributed by atoms with Crippen LogP contribution in [0.15, 0.2) is 24.3 Å². The van der Waals surface area contributed by atoms with Crippen molar-refractivity contribution in [1.29, 1.82) is 0 Å². The molecule has 174 valence electrons. The van der Waals surface area contributed by atoms with Crippen molar-refractivity contribution in [3.05, 3.63) is 29.8 Å². The van der Waals surface area contributed by atoms with E-state index in [1.807, 2.05) is 0 Å². The van der Waals surface area contributed by atoms with Gasteiger partial charge in [-0.1, -0.05) is 60.6 Å². The summed E-state index contributed by atoms with van der Waals surface area (Å²) in [6.45, 7) is 22.5. The van der Waals surface area contributed by atoms with E-state index in [1.54, 1.807) is 0 Å². The average Bonchev–Trinajstić information content (AvgIpc) is 2.61. The van der Waals surface area contributed by atoms with Crippen molar-refractivity contribution in [2.45, 2.75) is 92.8 Å². The molecule has 0 heterocycles. The molecule has 1 unspecified atom stereocenters. The van der Waals surface area contributed by atoms with E-state index >= 15 is 0 Å². The molecule has 4 nitrogen and oxygen atoms in total. The zero-order valence-corrected chi connectivity index (χ0v) is 21.1. The number of nitrogens with two attached hydrogens (primary N) is 1. The van der Waals surface area contributed by atoms with Gasteiger partial charge in [-0.05, 0) is 61.6 Å². The van der Waals surface area contributed by atoms with Gasteiger partial charge in [0.15, 0.2) is 0 Å². The van der Waals surface area contributed by atoms with Crippen LogP contribution in [0.25, 0.3) is 0 Å². The molecule has 0 saturated carbocycles. The van der Waals surface area contributed by atoms with Gasteiger partial charge in [0.25, 0.3) is 0 Å². The molecule has 1 rings (SSSR count). The van der Waals surface area contributed by atoms with Gasteiger partial charge in [0.05, 0.1) is 6.61 Å². The summed E-state index contributed by atoms with van der Waals surface area (Å²) < 4.78 is 5.94. The third-order valence-electron chi connectivity index (χ3n) is 5.07. The second-order valence-electron chi connectivity index (χ2n) is 11.6. The highest BCUT2D eigenvalue weighted by molar-refractivity contribution is 5.29. The molecule has 0 aromatic heterocycles. The molecule has 0 amide bonds. The molecule has 2 atom stereocenters. The Bertz CT molecular complexity index is 587. The molecule has 1 aromatic rings. The van der Waals surface area contributed by atoms with Crippen LogP contribution in [0.4, 0.5) is 0 Å². The molecule has 0 aliphatic carbocycles. The number of hydrogen-bond donors (Lipinski definition) is 3. The summed E-state index contributed by atoms with van der Waals surface area (Å²) in [7, 11) is 0. The van der Waals surface area contributed by atoms with Crippen LogP contribution >= 0.6 is 0 Å². The maximum Gasteiger partial charge on any atom is 0.119 e. The lowest BCUT2D eigenvalue weighted by molar-refractivity contribution is 0.198. The van der Waals surface area contributed by atoms with Crippen LogP contribution in [0.2, 0.25) is 0 Å². The lowest BCUT2D eigenvalue weighted by Gasteiger charge is -2.32. The van der Waals surface area contributed by atoms with Gasteiger partial charge in [0, 0.05) is 30.7 Å². The third kappa shape index (κ3) is 11.9. The number of nitrogens with one attached hydrogen (secondary N) is 2. The van der Waals surface area contributed by atoms with Crippen LogP contribution in [0, 0.1) is 17.3 Å². The molecule has 4 N–H and O–H groups in total. The number of ether oxygens (including phenoxy) is 1. The van der Waals surface area contributed by atoms with Gasteiger partial charge < -0.3 is 21.1 Å². The van der Waals surface area contributed by atoms with Crippen molar-refractivity contribution >= 4 is 0 Å². The van der Waals surface area contributed by atoms with Crippen molar-refractivity contribution in [2.75, 3.05) is 19.7 Å². The van der Waals surface area contributed by atoms with Crippen LogP contribution in [-0.4, -0.2) is 31.3 Å². The predicted molar refractivity (Wildman–Crippen MR) is 131 cm³/mol. The predicted octanol–water partition coefficient (Wildman–Crippen LogP) is 5.53. The van der Waals surface area contributed by atoms with E-state index in [2.05, 4.69) is 97.2 Å². The fourth-order valence-corrected chi connectivity index (χ4v) is 3.44. The van der Waals surface area contributed by atoms with Crippen molar-refractivity contribution < 1.29 is 4.74 Å². The summed E-state index contributed by atoms with van der Waals surface area (Å²) in [4.78, 5) is 0. The minimum absolute atomic E-state index is 0.0143. The molecule has 0 aliphatic heterocycles. The Morgan fingerprint density at radius 1 is 0.900 bits per heavy atom.